The van der Waals surface area contributed by atoms with Crippen LogP contribution in [0.15, 0.2) is 18.2 Å². The number of fused-ring (bicyclic) bond motifs is 1. The van der Waals surface area contributed by atoms with Crippen LogP contribution in [-0.4, -0.2) is 26.7 Å². The minimum Gasteiger partial charge on any atom is -0.331 e. The summed E-state index contributed by atoms with van der Waals surface area (Å²) in [7, 11) is 0. The Morgan fingerprint density at radius 3 is 3.13 bits per heavy atom. The number of benzene rings is 1. The molecule has 0 aliphatic carbocycles. The Labute approximate surface area is 140 Å². The zero-order valence-electron chi connectivity index (χ0n) is 11.8. The Morgan fingerprint density at radius 2 is 2.39 bits per heavy atom. The Kier molecular flexibility index (Phi) is 4.50. The molecule has 0 bridgehead atoms. The molecule has 3 rings (SSSR count). The van der Waals surface area contributed by atoms with Crippen LogP contribution in [0.2, 0.25) is 5.02 Å². The van der Waals surface area contributed by atoms with Crippen LogP contribution >= 0.6 is 23.4 Å². The highest BCUT2D eigenvalue weighted by atomic mass is 35.5. The van der Waals surface area contributed by atoms with Crippen LogP contribution in [-0.2, 0) is 12.3 Å². The van der Waals surface area contributed by atoms with E-state index in [9.17, 15) is 14.4 Å². The van der Waals surface area contributed by atoms with Gasteiger partial charge in [-0.3, -0.25) is 4.79 Å². The van der Waals surface area contributed by atoms with Crippen LogP contribution in [0.3, 0.4) is 0 Å². The number of hydrogen-bond donors (Lipinski definition) is 1. The molecule has 23 heavy (non-hydrogen) atoms. The van der Waals surface area contributed by atoms with E-state index in [1.165, 1.54) is 18.2 Å². The molecule has 9 heteroatoms. The molecule has 1 aromatic carbocycles. The highest BCUT2D eigenvalue weighted by molar-refractivity contribution is 7.98. The van der Waals surface area contributed by atoms with Gasteiger partial charge in [0.05, 0.1) is 18.3 Å². The van der Waals surface area contributed by atoms with Gasteiger partial charge in [0.1, 0.15) is 11.9 Å². The number of nitrogens with zero attached hydrogens (tertiary/aromatic N) is 4. The molecule has 1 N–H and O–H groups in total. The first-order valence-corrected chi connectivity index (χ1v) is 8.29. The molecule has 0 radical (unpaired) electrons. The fourth-order valence-electron chi connectivity index (χ4n) is 2.31. The zero-order chi connectivity index (χ0) is 16.4. The van der Waals surface area contributed by atoms with Crippen molar-refractivity contribution < 1.29 is 9.18 Å². The van der Waals surface area contributed by atoms with E-state index in [1.807, 2.05) is 6.07 Å². The molecule has 118 valence electrons. The van der Waals surface area contributed by atoms with Crippen LogP contribution in [0.1, 0.15) is 27.8 Å². The van der Waals surface area contributed by atoms with Gasteiger partial charge in [0.25, 0.3) is 5.91 Å². The molecule has 0 spiro atoms. The molecule has 1 aliphatic rings. The van der Waals surface area contributed by atoms with Gasteiger partial charge in [0.2, 0.25) is 0 Å². The minimum atomic E-state index is -1.20. The fourth-order valence-corrected chi connectivity index (χ4v) is 3.50. The monoisotopic (exact) mass is 351 g/mol. The van der Waals surface area contributed by atoms with Crippen molar-refractivity contribution in [1.82, 2.24) is 20.3 Å². The first-order chi connectivity index (χ1) is 11.1. The number of rotatable bonds is 3. The standard InChI is InChI=1S/C14H11ClFN5OS/c15-8-2-1-3-9(16)12(8)10(6-17)18-14(22)13-11-7-23-5-4-21(11)20-19-13/h1-3,10H,4-5,7H2,(H,18,22). The molecule has 1 atom stereocenters. The van der Waals surface area contributed by atoms with Gasteiger partial charge in [-0.1, -0.05) is 22.9 Å². The zero-order valence-corrected chi connectivity index (χ0v) is 13.4. The number of halogens is 2. The van der Waals surface area contributed by atoms with E-state index < -0.39 is 17.8 Å². The number of carbonyl (C=O) groups excluding carboxylic acids is 1. The van der Waals surface area contributed by atoms with Gasteiger partial charge in [-0.25, -0.2) is 9.07 Å². The largest absolute Gasteiger partial charge is 0.331 e. The number of carbonyl (C=O) groups is 1. The Hall–Kier alpha value is -2.11. The van der Waals surface area contributed by atoms with Crippen LogP contribution in [0.4, 0.5) is 4.39 Å². The SMILES string of the molecule is N#CC(NC(=O)c1nnn2c1CSCC2)c1c(F)cccc1Cl. The van der Waals surface area contributed by atoms with Crippen molar-refractivity contribution in [2.45, 2.75) is 18.3 Å². The minimum absolute atomic E-state index is 0.0552. The summed E-state index contributed by atoms with van der Waals surface area (Å²) in [5, 5.41) is 19.6. The number of thioether (sulfide) groups is 1. The Bertz CT molecular complexity index is 783. The maximum atomic E-state index is 13.9. The van der Waals surface area contributed by atoms with Crippen molar-refractivity contribution in [2.75, 3.05) is 5.75 Å². The number of aromatic nitrogens is 3. The van der Waals surface area contributed by atoms with Gasteiger partial charge >= 0.3 is 0 Å². The molecule has 2 aromatic rings. The molecule has 2 heterocycles. The third kappa shape index (κ3) is 3.02. The van der Waals surface area contributed by atoms with Gasteiger partial charge in [-0.05, 0) is 12.1 Å². The molecule has 6 nitrogen and oxygen atoms in total. The average Bonchev–Trinajstić information content (AvgIpc) is 2.97. The predicted octanol–water partition coefficient (Wildman–Crippen LogP) is 2.31. The predicted molar refractivity (Wildman–Crippen MR) is 83.4 cm³/mol. The number of nitrogens with one attached hydrogen (secondary N) is 1. The number of aryl methyl sites for hydroxylation is 1. The summed E-state index contributed by atoms with van der Waals surface area (Å²) in [6.45, 7) is 0.682. The van der Waals surface area contributed by atoms with Crippen molar-refractivity contribution in [1.29, 1.82) is 5.26 Å². The molecular formula is C14H11ClFN5OS. The first-order valence-electron chi connectivity index (χ1n) is 6.76. The lowest BCUT2D eigenvalue weighted by atomic mass is 10.1. The molecule has 0 fully saturated rings. The maximum absolute atomic E-state index is 13.9. The van der Waals surface area contributed by atoms with Crippen molar-refractivity contribution in [3.8, 4) is 6.07 Å². The Morgan fingerprint density at radius 1 is 1.57 bits per heavy atom. The van der Waals surface area contributed by atoms with E-state index in [2.05, 4.69) is 15.6 Å². The van der Waals surface area contributed by atoms with E-state index in [0.29, 0.717) is 18.0 Å². The van der Waals surface area contributed by atoms with E-state index in [-0.39, 0.29) is 16.3 Å². The van der Waals surface area contributed by atoms with Gasteiger partial charge in [-0.15, -0.1) is 5.10 Å². The second-order valence-electron chi connectivity index (χ2n) is 4.83. The maximum Gasteiger partial charge on any atom is 0.275 e. The molecular weight excluding hydrogens is 341 g/mol. The lowest BCUT2D eigenvalue weighted by Gasteiger charge is -2.15. The summed E-state index contributed by atoms with van der Waals surface area (Å²) in [4.78, 5) is 12.4. The number of hydrogen-bond acceptors (Lipinski definition) is 5. The molecule has 1 aromatic heterocycles. The normalized spacial score (nSPS) is 14.7. The third-order valence-electron chi connectivity index (χ3n) is 3.43. The summed E-state index contributed by atoms with van der Waals surface area (Å²) in [5.41, 5.74) is 0.806. The smallest absolute Gasteiger partial charge is 0.275 e. The van der Waals surface area contributed by atoms with E-state index in [4.69, 9.17) is 11.6 Å². The van der Waals surface area contributed by atoms with Crippen LogP contribution in [0.25, 0.3) is 0 Å². The lowest BCUT2D eigenvalue weighted by Crippen LogP contribution is -2.30. The van der Waals surface area contributed by atoms with Gasteiger partial charge < -0.3 is 5.32 Å². The number of amides is 1. The molecule has 1 unspecified atom stereocenters. The first kappa shape index (κ1) is 15.8. The topological polar surface area (TPSA) is 83.6 Å². The van der Waals surface area contributed by atoms with E-state index in [1.54, 1.807) is 16.4 Å². The van der Waals surface area contributed by atoms with Crippen molar-refractivity contribution in [3.63, 3.8) is 0 Å². The fraction of sp³-hybridized carbons (Fsp3) is 0.286. The van der Waals surface area contributed by atoms with E-state index in [0.717, 1.165) is 5.75 Å². The van der Waals surface area contributed by atoms with Crippen LogP contribution in [0.5, 0.6) is 0 Å². The summed E-state index contributed by atoms with van der Waals surface area (Å²) in [6, 6.07) is 4.74. The van der Waals surface area contributed by atoms with Gasteiger partial charge in [0.15, 0.2) is 5.69 Å². The summed E-state index contributed by atoms with van der Waals surface area (Å²) in [6.07, 6.45) is 0. The summed E-state index contributed by atoms with van der Waals surface area (Å²) >= 11 is 7.62. The van der Waals surface area contributed by atoms with Crippen molar-refractivity contribution in [2.24, 2.45) is 0 Å². The van der Waals surface area contributed by atoms with Crippen LogP contribution < -0.4 is 5.32 Å². The highest BCUT2D eigenvalue weighted by Gasteiger charge is 2.26. The van der Waals surface area contributed by atoms with Crippen molar-refractivity contribution >= 4 is 29.3 Å². The average molecular weight is 352 g/mol. The van der Waals surface area contributed by atoms with E-state index >= 15 is 0 Å². The summed E-state index contributed by atoms with van der Waals surface area (Å²) in [5.74, 6) is 0.306. The highest BCUT2D eigenvalue weighted by Crippen LogP contribution is 2.26. The molecule has 0 saturated heterocycles. The molecule has 0 saturated carbocycles. The van der Waals surface area contributed by atoms with Gasteiger partial charge in [-0.2, -0.15) is 17.0 Å². The lowest BCUT2D eigenvalue weighted by molar-refractivity contribution is 0.0939. The second-order valence-corrected chi connectivity index (χ2v) is 6.34. The second kappa shape index (κ2) is 6.56. The van der Waals surface area contributed by atoms with Gasteiger partial charge in [0, 0.05) is 22.1 Å². The Balaban J connectivity index is 1.87. The third-order valence-corrected chi connectivity index (χ3v) is 4.71. The quantitative estimate of drug-likeness (QED) is 0.917. The summed E-state index contributed by atoms with van der Waals surface area (Å²) < 4.78 is 15.6. The van der Waals surface area contributed by atoms with Crippen LogP contribution in [0, 0.1) is 17.1 Å². The van der Waals surface area contributed by atoms with Crippen molar-refractivity contribution in [3.05, 3.63) is 46.0 Å². The molecule has 1 aliphatic heterocycles. The number of nitriles is 1. The molecule has 1 amide bonds.